The summed E-state index contributed by atoms with van der Waals surface area (Å²) in [5, 5.41) is 2.88. The van der Waals surface area contributed by atoms with E-state index < -0.39 is 11.7 Å². The molecule has 0 spiro atoms. The largest absolute Gasteiger partial charge is 0.462 e. The second kappa shape index (κ2) is 7.73. The number of hydrogen-bond acceptors (Lipinski definition) is 6. The Hall–Kier alpha value is -2.10. The highest BCUT2D eigenvalue weighted by atomic mass is 35.5. The first-order valence-electron chi connectivity index (χ1n) is 8.58. The Labute approximate surface area is 168 Å². The number of nitrogens with zero attached hydrogens (tertiary/aromatic N) is 4. The molecule has 0 radical (unpaired) electrons. The summed E-state index contributed by atoms with van der Waals surface area (Å²) in [6.45, 7) is 3.46. The number of hydrogen-bond donors (Lipinski definition) is 0. The second-order valence-corrected chi connectivity index (χ2v) is 7.68. The highest BCUT2D eigenvalue weighted by Gasteiger charge is 2.32. The number of aromatic nitrogens is 2. The average molecular weight is 429 g/mol. The zero-order chi connectivity index (χ0) is 19.7. The summed E-state index contributed by atoms with van der Waals surface area (Å²) < 4.78 is 43.6. The first-order chi connectivity index (χ1) is 13.4. The summed E-state index contributed by atoms with van der Waals surface area (Å²) in [6, 6.07) is 4.64. The third-order valence-electron chi connectivity index (χ3n) is 4.49. The molecule has 1 aliphatic rings. The quantitative estimate of drug-likeness (QED) is 0.597. The van der Waals surface area contributed by atoms with Crippen LogP contribution in [0.3, 0.4) is 0 Å². The maximum absolute atomic E-state index is 12.8. The van der Waals surface area contributed by atoms with Gasteiger partial charge >= 0.3 is 6.18 Å². The minimum Gasteiger partial charge on any atom is -0.462 e. The Balaban J connectivity index is 1.36. The smallest absolute Gasteiger partial charge is 0.417 e. The predicted octanol–water partition coefficient (Wildman–Crippen LogP) is 4.79. The molecular formula is C18H16ClF3N4OS. The fraction of sp³-hybridized carbons (Fsp3) is 0.333. The summed E-state index contributed by atoms with van der Waals surface area (Å²) in [5.74, 6) is 1.15. The molecule has 4 heterocycles. The molecule has 0 amide bonds. The number of pyridine rings is 1. The molecule has 1 aliphatic heterocycles. The lowest BCUT2D eigenvalue weighted by atomic mass is 10.2. The van der Waals surface area contributed by atoms with Crippen molar-refractivity contribution in [1.29, 1.82) is 0 Å². The molecule has 0 unspecified atom stereocenters. The fourth-order valence-electron chi connectivity index (χ4n) is 3.06. The van der Waals surface area contributed by atoms with Gasteiger partial charge in [-0.1, -0.05) is 11.6 Å². The van der Waals surface area contributed by atoms with Gasteiger partial charge in [-0.25, -0.2) is 9.97 Å². The normalized spacial score (nSPS) is 15.9. The van der Waals surface area contributed by atoms with Crippen molar-refractivity contribution >= 4 is 28.8 Å². The SMILES string of the molecule is FC(F)(F)c1cnc(N2CCN(Cc3csc(-c4ccco4)n3)CC2)c(Cl)c1. The predicted molar refractivity (Wildman–Crippen MR) is 102 cm³/mol. The number of furan rings is 1. The maximum atomic E-state index is 12.8. The van der Waals surface area contributed by atoms with E-state index in [1.54, 1.807) is 6.26 Å². The molecule has 28 heavy (non-hydrogen) atoms. The molecular weight excluding hydrogens is 413 g/mol. The van der Waals surface area contributed by atoms with E-state index in [0.717, 1.165) is 41.8 Å². The third-order valence-corrected chi connectivity index (χ3v) is 5.67. The van der Waals surface area contributed by atoms with Gasteiger partial charge in [-0.3, -0.25) is 4.90 Å². The van der Waals surface area contributed by atoms with Crippen LogP contribution in [0.4, 0.5) is 19.0 Å². The van der Waals surface area contributed by atoms with E-state index in [1.165, 1.54) is 11.3 Å². The summed E-state index contributed by atoms with van der Waals surface area (Å²) in [7, 11) is 0. The van der Waals surface area contributed by atoms with Crippen molar-refractivity contribution in [1.82, 2.24) is 14.9 Å². The van der Waals surface area contributed by atoms with Crippen molar-refractivity contribution in [3.05, 3.63) is 52.3 Å². The van der Waals surface area contributed by atoms with Crippen LogP contribution in [-0.2, 0) is 12.7 Å². The zero-order valence-corrected chi connectivity index (χ0v) is 16.2. The van der Waals surface area contributed by atoms with Gasteiger partial charge in [0.2, 0.25) is 0 Å². The second-order valence-electron chi connectivity index (χ2n) is 6.41. The van der Waals surface area contributed by atoms with E-state index >= 15 is 0 Å². The minimum atomic E-state index is -4.45. The van der Waals surface area contributed by atoms with Crippen LogP contribution in [0.25, 0.3) is 10.8 Å². The Morgan fingerprint density at radius 2 is 2.00 bits per heavy atom. The molecule has 1 fully saturated rings. The first kappa shape index (κ1) is 19.2. The molecule has 0 aromatic carbocycles. The summed E-state index contributed by atoms with van der Waals surface area (Å²) in [4.78, 5) is 12.7. The Morgan fingerprint density at radius 1 is 1.21 bits per heavy atom. The van der Waals surface area contributed by atoms with Gasteiger partial charge in [0.15, 0.2) is 10.8 Å². The number of rotatable bonds is 4. The Kier molecular flexibility index (Phi) is 5.31. The highest BCUT2D eigenvalue weighted by molar-refractivity contribution is 7.13. The molecule has 0 N–H and O–H groups in total. The third kappa shape index (κ3) is 4.16. The highest BCUT2D eigenvalue weighted by Crippen LogP contribution is 2.34. The molecule has 0 bridgehead atoms. The van der Waals surface area contributed by atoms with Gasteiger partial charge in [0, 0.05) is 44.3 Å². The van der Waals surface area contributed by atoms with E-state index in [9.17, 15) is 13.2 Å². The number of alkyl halides is 3. The van der Waals surface area contributed by atoms with Crippen molar-refractivity contribution in [2.75, 3.05) is 31.1 Å². The molecule has 10 heteroatoms. The van der Waals surface area contributed by atoms with Gasteiger partial charge in [-0.15, -0.1) is 11.3 Å². The maximum Gasteiger partial charge on any atom is 0.417 e. The topological polar surface area (TPSA) is 45.4 Å². The molecule has 0 saturated carbocycles. The van der Waals surface area contributed by atoms with Crippen LogP contribution in [0.5, 0.6) is 0 Å². The minimum absolute atomic E-state index is 0.0193. The summed E-state index contributed by atoms with van der Waals surface area (Å²) in [6.07, 6.45) is -2.00. The molecule has 1 saturated heterocycles. The van der Waals surface area contributed by atoms with Gasteiger partial charge in [0.05, 0.1) is 22.5 Å². The van der Waals surface area contributed by atoms with E-state index in [4.69, 9.17) is 16.0 Å². The molecule has 5 nitrogen and oxygen atoms in total. The lowest BCUT2D eigenvalue weighted by Crippen LogP contribution is -2.46. The molecule has 0 atom stereocenters. The summed E-state index contributed by atoms with van der Waals surface area (Å²) >= 11 is 7.59. The fourth-order valence-corrected chi connectivity index (χ4v) is 4.12. The molecule has 3 aromatic rings. The number of piperazine rings is 1. The van der Waals surface area contributed by atoms with Gasteiger partial charge < -0.3 is 9.32 Å². The number of halogens is 4. The molecule has 0 aliphatic carbocycles. The molecule has 4 rings (SSSR count). The van der Waals surface area contributed by atoms with E-state index in [1.807, 2.05) is 22.4 Å². The van der Waals surface area contributed by atoms with Crippen LogP contribution in [0.1, 0.15) is 11.3 Å². The van der Waals surface area contributed by atoms with Crippen molar-refractivity contribution in [2.24, 2.45) is 0 Å². The first-order valence-corrected chi connectivity index (χ1v) is 9.84. The van der Waals surface area contributed by atoms with Crippen LogP contribution >= 0.6 is 22.9 Å². The van der Waals surface area contributed by atoms with Gasteiger partial charge in [0.1, 0.15) is 5.82 Å². The molecule has 148 valence electrons. The van der Waals surface area contributed by atoms with Gasteiger partial charge in [-0.05, 0) is 18.2 Å². The average Bonchev–Trinajstić information content (AvgIpc) is 3.33. The van der Waals surface area contributed by atoms with Crippen molar-refractivity contribution in [3.8, 4) is 10.8 Å². The molecule has 3 aromatic heterocycles. The van der Waals surface area contributed by atoms with Crippen molar-refractivity contribution in [3.63, 3.8) is 0 Å². The van der Waals surface area contributed by atoms with E-state index in [-0.39, 0.29) is 5.02 Å². The van der Waals surface area contributed by atoms with Crippen LogP contribution in [-0.4, -0.2) is 41.0 Å². The van der Waals surface area contributed by atoms with Gasteiger partial charge in [-0.2, -0.15) is 13.2 Å². The monoisotopic (exact) mass is 428 g/mol. The Morgan fingerprint density at radius 3 is 2.64 bits per heavy atom. The lowest BCUT2D eigenvalue weighted by molar-refractivity contribution is -0.137. The van der Waals surface area contributed by atoms with E-state index in [2.05, 4.69) is 14.9 Å². The number of anilines is 1. The van der Waals surface area contributed by atoms with Crippen LogP contribution in [0, 0.1) is 0 Å². The number of thiazole rings is 1. The zero-order valence-electron chi connectivity index (χ0n) is 14.6. The van der Waals surface area contributed by atoms with Crippen molar-refractivity contribution < 1.29 is 17.6 Å². The van der Waals surface area contributed by atoms with E-state index in [0.29, 0.717) is 25.5 Å². The van der Waals surface area contributed by atoms with Crippen molar-refractivity contribution in [2.45, 2.75) is 12.7 Å². The standard InChI is InChI=1S/C18H16ClF3N4OS/c19-14-8-12(18(20,21)22)9-23-16(14)26-5-3-25(4-6-26)10-13-11-28-17(24-13)15-2-1-7-27-15/h1-2,7-9,11H,3-6,10H2. The van der Waals surface area contributed by atoms with Gasteiger partial charge in [0.25, 0.3) is 0 Å². The van der Waals surface area contributed by atoms with Crippen LogP contribution < -0.4 is 4.90 Å². The Bertz CT molecular complexity index is 937. The lowest BCUT2D eigenvalue weighted by Gasteiger charge is -2.35. The van der Waals surface area contributed by atoms with Crippen LogP contribution in [0.15, 0.2) is 40.5 Å². The summed E-state index contributed by atoms with van der Waals surface area (Å²) in [5.41, 5.74) is 0.131. The van der Waals surface area contributed by atoms with Crippen LogP contribution in [0.2, 0.25) is 5.02 Å².